The van der Waals surface area contributed by atoms with Gasteiger partial charge in [0.1, 0.15) is 5.78 Å². The summed E-state index contributed by atoms with van der Waals surface area (Å²) in [4.78, 5) is 13.4. The molecule has 2 nitrogen and oxygen atoms in total. The van der Waals surface area contributed by atoms with Gasteiger partial charge in [0.2, 0.25) is 0 Å². The molecule has 1 aliphatic rings. The van der Waals surface area contributed by atoms with E-state index in [1.807, 2.05) is 24.3 Å². The summed E-state index contributed by atoms with van der Waals surface area (Å²) in [5.41, 5.74) is 1.17. The zero-order valence-corrected chi connectivity index (χ0v) is 10.2. The van der Waals surface area contributed by atoms with Gasteiger partial charge < -0.3 is 4.90 Å². The third-order valence-electron chi connectivity index (χ3n) is 3.29. The molecule has 1 fully saturated rings. The van der Waals surface area contributed by atoms with Crippen LogP contribution in [0.4, 0.5) is 5.69 Å². The Balaban J connectivity index is 2.04. The summed E-state index contributed by atoms with van der Waals surface area (Å²) >= 11 is 5.86. The molecule has 0 heterocycles. The first-order chi connectivity index (χ1) is 7.66. The van der Waals surface area contributed by atoms with Gasteiger partial charge in [0, 0.05) is 36.6 Å². The van der Waals surface area contributed by atoms with Crippen LogP contribution in [0.15, 0.2) is 24.3 Å². The van der Waals surface area contributed by atoms with E-state index in [0.29, 0.717) is 11.8 Å². The van der Waals surface area contributed by atoms with E-state index in [9.17, 15) is 4.79 Å². The molecule has 0 radical (unpaired) electrons. The highest BCUT2D eigenvalue weighted by Crippen LogP contribution is 2.25. The van der Waals surface area contributed by atoms with E-state index in [0.717, 1.165) is 30.7 Å². The van der Waals surface area contributed by atoms with Gasteiger partial charge in [0.05, 0.1) is 0 Å². The van der Waals surface area contributed by atoms with Crippen molar-refractivity contribution in [2.45, 2.75) is 31.7 Å². The minimum atomic E-state index is 0.403. The number of nitrogens with zero attached hydrogens (tertiary/aromatic N) is 1. The zero-order valence-electron chi connectivity index (χ0n) is 9.45. The van der Waals surface area contributed by atoms with E-state index in [-0.39, 0.29) is 0 Å². The Morgan fingerprint density at radius 1 is 1.19 bits per heavy atom. The lowest BCUT2D eigenvalue weighted by molar-refractivity contribution is -0.120. The highest BCUT2D eigenvalue weighted by atomic mass is 35.5. The molecule has 0 aromatic heterocycles. The van der Waals surface area contributed by atoms with Crippen molar-refractivity contribution >= 4 is 23.1 Å². The molecule has 0 N–H and O–H groups in total. The number of rotatable bonds is 2. The summed E-state index contributed by atoms with van der Waals surface area (Å²) < 4.78 is 0. The SMILES string of the molecule is CN(c1ccc(Cl)cc1)C1CCC(=O)CC1. The predicted octanol–water partition coefficient (Wildman–Crippen LogP) is 3.29. The highest BCUT2D eigenvalue weighted by Gasteiger charge is 2.22. The fraction of sp³-hybridized carbons (Fsp3) is 0.462. The molecule has 0 saturated heterocycles. The molecule has 0 bridgehead atoms. The van der Waals surface area contributed by atoms with Crippen LogP contribution in [0, 0.1) is 0 Å². The highest BCUT2D eigenvalue weighted by molar-refractivity contribution is 6.30. The second kappa shape index (κ2) is 4.88. The van der Waals surface area contributed by atoms with Gasteiger partial charge >= 0.3 is 0 Å². The molecule has 1 saturated carbocycles. The maximum absolute atomic E-state index is 11.2. The first-order valence-corrected chi connectivity index (χ1v) is 6.05. The molecule has 0 amide bonds. The number of benzene rings is 1. The average molecular weight is 238 g/mol. The molecule has 0 spiro atoms. The van der Waals surface area contributed by atoms with Crippen molar-refractivity contribution < 1.29 is 4.79 Å². The van der Waals surface area contributed by atoms with Crippen molar-refractivity contribution in [3.05, 3.63) is 29.3 Å². The Kier molecular flexibility index (Phi) is 3.49. The molecule has 3 heteroatoms. The number of Topliss-reactive ketones (excluding diaryl/α,β-unsaturated/α-hetero) is 1. The van der Waals surface area contributed by atoms with Crippen LogP contribution < -0.4 is 4.90 Å². The van der Waals surface area contributed by atoms with Crippen LogP contribution in [0.3, 0.4) is 0 Å². The molecular weight excluding hydrogens is 222 g/mol. The average Bonchev–Trinajstić information content (AvgIpc) is 2.30. The molecule has 86 valence electrons. The fourth-order valence-corrected chi connectivity index (χ4v) is 2.32. The van der Waals surface area contributed by atoms with E-state index < -0.39 is 0 Å². The number of anilines is 1. The molecule has 16 heavy (non-hydrogen) atoms. The lowest BCUT2D eigenvalue weighted by Gasteiger charge is -2.32. The predicted molar refractivity (Wildman–Crippen MR) is 67.1 cm³/mol. The number of ketones is 1. The monoisotopic (exact) mass is 237 g/mol. The number of halogens is 1. The van der Waals surface area contributed by atoms with E-state index in [4.69, 9.17) is 11.6 Å². The Morgan fingerprint density at radius 3 is 2.31 bits per heavy atom. The quantitative estimate of drug-likeness (QED) is 0.787. The zero-order chi connectivity index (χ0) is 11.5. The number of hydrogen-bond donors (Lipinski definition) is 0. The second-order valence-corrected chi connectivity index (χ2v) is 4.79. The van der Waals surface area contributed by atoms with Gasteiger partial charge in [-0.2, -0.15) is 0 Å². The molecule has 1 aliphatic carbocycles. The van der Waals surface area contributed by atoms with Crippen molar-refractivity contribution in [3.8, 4) is 0 Å². The molecular formula is C13H16ClNO. The summed E-state index contributed by atoms with van der Waals surface area (Å²) in [7, 11) is 2.09. The summed E-state index contributed by atoms with van der Waals surface area (Å²) in [6.07, 6.45) is 3.39. The van der Waals surface area contributed by atoms with Crippen LogP contribution in [0.5, 0.6) is 0 Å². The first-order valence-electron chi connectivity index (χ1n) is 5.67. The van der Waals surface area contributed by atoms with Gasteiger partial charge in [0.25, 0.3) is 0 Å². The topological polar surface area (TPSA) is 20.3 Å². The maximum atomic E-state index is 11.2. The van der Waals surface area contributed by atoms with Crippen molar-refractivity contribution in [2.75, 3.05) is 11.9 Å². The number of carbonyl (C=O) groups excluding carboxylic acids is 1. The van der Waals surface area contributed by atoms with Crippen molar-refractivity contribution in [1.29, 1.82) is 0 Å². The van der Waals surface area contributed by atoms with Gasteiger partial charge in [-0.3, -0.25) is 4.79 Å². The molecule has 0 aliphatic heterocycles. The van der Waals surface area contributed by atoms with E-state index >= 15 is 0 Å². The van der Waals surface area contributed by atoms with Gasteiger partial charge in [-0.1, -0.05) is 11.6 Å². The molecule has 1 aromatic rings. The molecule has 1 aromatic carbocycles. The van der Waals surface area contributed by atoms with Crippen LogP contribution in [0.2, 0.25) is 5.02 Å². The first kappa shape index (κ1) is 11.5. The van der Waals surface area contributed by atoms with Crippen LogP contribution in [0.1, 0.15) is 25.7 Å². The number of carbonyl (C=O) groups is 1. The largest absolute Gasteiger partial charge is 0.372 e. The Hall–Kier alpha value is -1.02. The van der Waals surface area contributed by atoms with Crippen LogP contribution >= 0.6 is 11.6 Å². The normalized spacial score (nSPS) is 17.5. The summed E-state index contributed by atoms with van der Waals surface area (Å²) in [5, 5.41) is 0.760. The summed E-state index contributed by atoms with van der Waals surface area (Å²) in [6, 6.07) is 8.35. The standard InChI is InChI=1S/C13H16ClNO/c1-15(11-4-2-10(14)3-5-11)12-6-8-13(16)9-7-12/h2-5,12H,6-9H2,1H3. The van der Waals surface area contributed by atoms with Crippen LogP contribution in [-0.2, 0) is 4.79 Å². The lowest BCUT2D eigenvalue weighted by Crippen LogP contribution is -2.35. The Bertz CT molecular complexity index is 364. The smallest absolute Gasteiger partial charge is 0.133 e. The van der Waals surface area contributed by atoms with E-state index in [1.54, 1.807) is 0 Å². The second-order valence-electron chi connectivity index (χ2n) is 4.36. The van der Waals surface area contributed by atoms with E-state index in [1.165, 1.54) is 5.69 Å². The Labute approximate surface area is 101 Å². The van der Waals surface area contributed by atoms with Gasteiger partial charge in [0.15, 0.2) is 0 Å². The third-order valence-corrected chi connectivity index (χ3v) is 3.55. The minimum Gasteiger partial charge on any atom is -0.372 e. The fourth-order valence-electron chi connectivity index (χ4n) is 2.20. The van der Waals surface area contributed by atoms with Crippen molar-refractivity contribution in [3.63, 3.8) is 0 Å². The minimum absolute atomic E-state index is 0.403. The maximum Gasteiger partial charge on any atom is 0.133 e. The summed E-state index contributed by atoms with van der Waals surface area (Å²) in [5.74, 6) is 0.403. The van der Waals surface area contributed by atoms with Crippen LogP contribution in [0.25, 0.3) is 0 Å². The van der Waals surface area contributed by atoms with Gasteiger partial charge in [-0.05, 0) is 37.1 Å². The molecule has 0 atom stereocenters. The van der Waals surface area contributed by atoms with Crippen molar-refractivity contribution in [2.24, 2.45) is 0 Å². The van der Waals surface area contributed by atoms with Gasteiger partial charge in [-0.15, -0.1) is 0 Å². The lowest BCUT2D eigenvalue weighted by atomic mass is 9.93. The van der Waals surface area contributed by atoms with Crippen LogP contribution in [-0.4, -0.2) is 18.9 Å². The van der Waals surface area contributed by atoms with Gasteiger partial charge in [-0.25, -0.2) is 0 Å². The third kappa shape index (κ3) is 2.56. The molecule has 2 rings (SSSR count). The van der Waals surface area contributed by atoms with Crippen molar-refractivity contribution in [1.82, 2.24) is 0 Å². The van der Waals surface area contributed by atoms with E-state index in [2.05, 4.69) is 11.9 Å². The Morgan fingerprint density at radius 2 is 1.75 bits per heavy atom. The number of hydrogen-bond acceptors (Lipinski definition) is 2. The summed E-state index contributed by atoms with van der Waals surface area (Å²) in [6.45, 7) is 0. The molecule has 0 unspecified atom stereocenters.